The first-order valence-electron chi connectivity index (χ1n) is 7.02. The number of sulfonamides is 1. The van der Waals surface area contributed by atoms with Gasteiger partial charge in [-0.1, -0.05) is 12.8 Å². The van der Waals surface area contributed by atoms with Crippen molar-refractivity contribution in [2.45, 2.75) is 43.0 Å². The minimum Gasteiger partial charge on any atom is -0.353 e. The summed E-state index contributed by atoms with van der Waals surface area (Å²) in [4.78, 5) is 11.7. The molecule has 1 fully saturated rings. The Balaban J connectivity index is 1.79. The van der Waals surface area contributed by atoms with Crippen LogP contribution in [-0.4, -0.2) is 26.9 Å². The van der Waals surface area contributed by atoms with Gasteiger partial charge in [-0.15, -0.1) is 0 Å². The molecule has 1 aliphatic rings. The van der Waals surface area contributed by atoms with E-state index in [1.807, 2.05) is 0 Å². The van der Waals surface area contributed by atoms with Gasteiger partial charge in [0.25, 0.3) is 0 Å². The number of hydrogen-bond donors (Lipinski definition) is 2. The first-order valence-corrected chi connectivity index (χ1v) is 8.50. The molecule has 0 saturated heterocycles. The van der Waals surface area contributed by atoms with E-state index in [1.54, 1.807) is 0 Å². The summed E-state index contributed by atoms with van der Waals surface area (Å²) in [5, 5.41) is 2.89. The molecular formula is C14H19FN2O3S. The Hall–Kier alpha value is -1.47. The highest BCUT2D eigenvalue weighted by Gasteiger charge is 2.18. The number of carbonyl (C=O) groups is 1. The van der Waals surface area contributed by atoms with Gasteiger partial charge >= 0.3 is 0 Å². The molecule has 0 heterocycles. The summed E-state index contributed by atoms with van der Waals surface area (Å²) in [5.41, 5.74) is 0. The molecular weight excluding hydrogens is 295 g/mol. The third-order valence-corrected chi connectivity index (χ3v) is 4.97. The van der Waals surface area contributed by atoms with Crippen molar-refractivity contribution in [3.05, 3.63) is 30.1 Å². The number of nitrogens with one attached hydrogen (secondary N) is 2. The van der Waals surface area contributed by atoms with Crippen molar-refractivity contribution in [1.82, 2.24) is 10.0 Å². The van der Waals surface area contributed by atoms with Crippen molar-refractivity contribution in [3.8, 4) is 0 Å². The predicted octanol–water partition coefficient (Wildman–Crippen LogP) is 1.55. The minimum atomic E-state index is -3.70. The number of halogens is 1. The van der Waals surface area contributed by atoms with Gasteiger partial charge in [-0.25, -0.2) is 17.5 Å². The summed E-state index contributed by atoms with van der Waals surface area (Å²) in [5.74, 6) is -0.645. The largest absolute Gasteiger partial charge is 0.353 e. The van der Waals surface area contributed by atoms with Crippen molar-refractivity contribution >= 4 is 15.9 Å². The van der Waals surface area contributed by atoms with Crippen LogP contribution < -0.4 is 10.0 Å². The summed E-state index contributed by atoms with van der Waals surface area (Å²) < 4.78 is 38.9. The Morgan fingerprint density at radius 3 is 2.43 bits per heavy atom. The third kappa shape index (κ3) is 4.78. The maximum absolute atomic E-state index is 12.8. The fraction of sp³-hybridized carbons (Fsp3) is 0.500. The second-order valence-corrected chi connectivity index (χ2v) is 6.92. The molecule has 7 heteroatoms. The van der Waals surface area contributed by atoms with Crippen LogP contribution in [0.3, 0.4) is 0 Å². The van der Waals surface area contributed by atoms with E-state index in [-0.39, 0.29) is 29.8 Å². The number of amides is 1. The smallest absolute Gasteiger partial charge is 0.240 e. The molecule has 1 aliphatic carbocycles. The van der Waals surface area contributed by atoms with Crippen molar-refractivity contribution < 1.29 is 17.6 Å². The summed E-state index contributed by atoms with van der Waals surface area (Å²) in [6.45, 7) is 0.0261. The van der Waals surface area contributed by atoms with Crippen LogP contribution in [0.15, 0.2) is 29.2 Å². The highest BCUT2D eigenvalue weighted by Crippen LogP contribution is 2.17. The lowest BCUT2D eigenvalue weighted by Gasteiger charge is -2.12. The normalized spacial score (nSPS) is 16.0. The lowest BCUT2D eigenvalue weighted by molar-refractivity contribution is -0.121. The summed E-state index contributed by atoms with van der Waals surface area (Å²) in [6.07, 6.45) is 4.33. The van der Waals surface area contributed by atoms with Gasteiger partial charge in [-0.3, -0.25) is 4.79 Å². The second kappa shape index (κ2) is 7.00. The molecule has 21 heavy (non-hydrogen) atoms. The molecule has 0 spiro atoms. The topological polar surface area (TPSA) is 75.3 Å². The maximum atomic E-state index is 12.8. The lowest BCUT2D eigenvalue weighted by Crippen LogP contribution is -2.35. The number of rotatable bonds is 6. The van der Waals surface area contributed by atoms with E-state index in [0.29, 0.717) is 0 Å². The molecule has 1 aromatic carbocycles. The van der Waals surface area contributed by atoms with E-state index in [9.17, 15) is 17.6 Å². The molecule has 1 aromatic rings. The van der Waals surface area contributed by atoms with Gasteiger partial charge in [0, 0.05) is 19.0 Å². The Morgan fingerprint density at radius 2 is 1.81 bits per heavy atom. The zero-order valence-corrected chi connectivity index (χ0v) is 12.5. The second-order valence-electron chi connectivity index (χ2n) is 5.15. The lowest BCUT2D eigenvalue weighted by atomic mass is 10.2. The number of carbonyl (C=O) groups excluding carboxylic acids is 1. The maximum Gasteiger partial charge on any atom is 0.240 e. The molecule has 5 nitrogen and oxygen atoms in total. The van der Waals surface area contributed by atoms with Gasteiger partial charge in [0.05, 0.1) is 4.90 Å². The first-order chi connectivity index (χ1) is 9.97. The summed E-state index contributed by atoms with van der Waals surface area (Å²) in [7, 11) is -3.70. The van der Waals surface area contributed by atoms with Gasteiger partial charge in [-0.05, 0) is 37.1 Å². The van der Waals surface area contributed by atoms with Gasteiger partial charge in [0.2, 0.25) is 15.9 Å². The standard InChI is InChI=1S/C14H19FN2O3S/c15-11-5-7-13(8-6-11)21(19,20)16-10-9-14(18)17-12-3-1-2-4-12/h5-8,12,16H,1-4,9-10H2,(H,17,18). The van der Waals surface area contributed by atoms with Gasteiger partial charge in [0.1, 0.15) is 5.82 Å². The van der Waals surface area contributed by atoms with E-state index < -0.39 is 15.8 Å². The van der Waals surface area contributed by atoms with Crippen LogP contribution in [0.5, 0.6) is 0 Å². The highest BCUT2D eigenvalue weighted by atomic mass is 32.2. The van der Waals surface area contributed by atoms with E-state index in [4.69, 9.17) is 0 Å². The van der Waals surface area contributed by atoms with Crippen LogP contribution in [0.1, 0.15) is 32.1 Å². The minimum absolute atomic E-state index is 0.0138. The fourth-order valence-corrected chi connectivity index (χ4v) is 3.40. The molecule has 0 bridgehead atoms. The van der Waals surface area contributed by atoms with Crippen molar-refractivity contribution in [1.29, 1.82) is 0 Å². The Bertz CT molecular complexity index is 581. The van der Waals surface area contributed by atoms with Crippen molar-refractivity contribution in [2.75, 3.05) is 6.54 Å². The molecule has 0 radical (unpaired) electrons. The Morgan fingerprint density at radius 1 is 1.19 bits per heavy atom. The molecule has 1 saturated carbocycles. The summed E-state index contributed by atoms with van der Waals surface area (Å²) >= 11 is 0. The van der Waals surface area contributed by atoms with Crippen LogP contribution in [0, 0.1) is 5.82 Å². The average Bonchev–Trinajstić information content (AvgIpc) is 2.91. The molecule has 0 aromatic heterocycles. The number of benzene rings is 1. The molecule has 2 rings (SSSR count). The van der Waals surface area contributed by atoms with Crippen LogP contribution in [0.25, 0.3) is 0 Å². The highest BCUT2D eigenvalue weighted by molar-refractivity contribution is 7.89. The van der Waals surface area contributed by atoms with E-state index >= 15 is 0 Å². The first kappa shape index (κ1) is 15.9. The van der Waals surface area contributed by atoms with Gasteiger partial charge in [-0.2, -0.15) is 0 Å². The third-order valence-electron chi connectivity index (χ3n) is 3.49. The Labute approximate surface area is 124 Å². The van der Waals surface area contributed by atoms with Crippen molar-refractivity contribution in [2.24, 2.45) is 0 Å². The molecule has 0 atom stereocenters. The molecule has 0 aliphatic heterocycles. The molecule has 1 amide bonds. The average molecular weight is 314 g/mol. The van der Waals surface area contributed by atoms with E-state index in [1.165, 1.54) is 12.1 Å². The van der Waals surface area contributed by atoms with Crippen molar-refractivity contribution in [3.63, 3.8) is 0 Å². The van der Waals surface area contributed by atoms with Crippen LogP contribution in [-0.2, 0) is 14.8 Å². The van der Waals surface area contributed by atoms with E-state index in [0.717, 1.165) is 37.8 Å². The SMILES string of the molecule is O=C(CCNS(=O)(=O)c1ccc(F)cc1)NC1CCCC1. The van der Waals surface area contributed by atoms with Gasteiger partial charge in [0.15, 0.2) is 0 Å². The monoisotopic (exact) mass is 314 g/mol. The quantitative estimate of drug-likeness (QED) is 0.836. The van der Waals surface area contributed by atoms with E-state index in [2.05, 4.69) is 10.0 Å². The van der Waals surface area contributed by atoms with Crippen LogP contribution in [0.2, 0.25) is 0 Å². The zero-order valence-electron chi connectivity index (χ0n) is 11.6. The molecule has 2 N–H and O–H groups in total. The van der Waals surface area contributed by atoms with Gasteiger partial charge < -0.3 is 5.32 Å². The molecule has 116 valence electrons. The zero-order chi connectivity index (χ0) is 15.3. The molecule has 0 unspecified atom stereocenters. The Kier molecular flexibility index (Phi) is 5.30. The predicted molar refractivity (Wildman–Crippen MR) is 76.6 cm³/mol. The number of hydrogen-bond acceptors (Lipinski definition) is 3. The van der Waals surface area contributed by atoms with Crippen LogP contribution in [0.4, 0.5) is 4.39 Å². The summed E-state index contributed by atoms with van der Waals surface area (Å²) in [6, 6.07) is 4.78. The fourth-order valence-electron chi connectivity index (χ4n) is 2.37. The van der Waals surface area contributed by atoms with Crippen LogP contribution >= 0.6 is 0 Å².